The van der Waals surface area contributed by atoms with Gasteiger partial charge in [0.1, 0.15) is 73.7 Å². The van der Waals surface area contributed by atoms with Gasteiger partial charge < -0.3 is 70.8 Å². The summed E-state index contributed by atoms with van der Waals surface area (Å²) in [6.45, 7) is 10.9. The first-order valence-corrected chi connectivity index (χ1v) is 51.5. The van der Waals surface area contributed by atoms with Crippen molar-refractivity contribution in [3.8, 4) is 0 Å². The van der Waals surface area contributed by atoms with Crippen molar-refractivity contribution in [3.63, 3.8) is 0 Å². The summed E-state index contributed by atoms with van der Waals surface area (Å²) >= 11 is 0. The molecule has 13 rings (SSSR count). The van der Waals surface area contributed by atoms with Gasteiger partial charge in [-0.05, 0) is 237 Å². The standard InChI is InChI=1S/C61H76N3O9.C46H46N3O3.C15H32O7/c1-40(67)31-52(69)34-54(71)36-56-37-55(35-53(70)32-41(2)68)72-61(73-56)51-17-7-43(8-18-51)33-57(47-21-27-63(5)28-22-47)59(50-23-29-64(6)30-24-50)60(49-15-11-45(39-66)12-16-49)58(48-13-9-44(38-65)10-14-48)42(3)46-19-25-62(4)26-20-46;1-33(38-17-23-47(2)24-18-38)44(40-13-9-36(31-51)10-14-40)46(41-15-11-37(32-52)12-16-41)45(42-21-27-49(4)28-22-42)43(39-19-25-48(3)26-20-39)29-34-5-7-35(30-50)8-6-34;1-9(16)3-11(18)5-13(20)7-15(22)8-14(21)6-12(19)4-10(2)17/h7-30,38-42,52-61,67-71H,31-37H2,1-6H3;5-28,30-33,43-46H,29H2,1-4H3;9-22H,3-8H2,1-2H3/q2*+3;/p+1. The topological polar surface area (TPSA) is 370 Å². The Hall–Kier alpha value is -12.0. The molecule has 147 heavy (non-hydrogen) atoms. The lowest BCUT2D eigenvalue weighted by molar-refractivity contribution is -0.671. The van der Waals surface area contributed by atoms with Crippen molar-refractivity contribution >= 4 is 31.4 Å². The monoisotopic (exact) mass is 2010 g/mol. The van der Waals surface area contributed by atoms with E-state index in [9.17, 15) is 75.0 Å². The van der Waals surface area contributed by atoms with E-state index in [0.29, 0.717) is 40.7 Å². The highest BCUT2D eigenvalue weighted by Crippen LogP contribution is 2.58. The molecule has 6 aromatic heterocycles. The molecule has 0 aliphatic carbocycles. The maximum absolute atomic E-state index is 12.2. The highest BCUT2D eigenvalue weighted by molar-refractivity contribution is 5.77. The van der Waals surface area contributed by atoms with Crippen LogP contribution in [0.15, 0.2) is 293 Å². The first-order valence-electron chi connectivity index (χ1n) is 51.5. The summed E-state index contributed by atoms with van der Waals surface area (Å²) < 4.78 is 25.4. The number of aliphatic hydroxyl groups excluding tert-OH is 12. The van der Waals surface area contributed by atoms with Crippen LogP contribution in [0, 0.1) is 0 Å². The summed E-state index contributed by atoms with van der Waals surface area (Å²) in [5.41, 5.74) is 17.6. The number of carbonyl (C=O) groups excluding carboxylic acids is 5. The van der Waals surface area contributed by atoms with E-state index in [1.807, 2.05) is 133 Å². The summed E-state index contributed by atoms with van der Waals surface area (Å²) in [7, 11) is 12.1. The molecule has 1 saturated heterocycles. The number of rotatable bonds is 50. The van der Waals surface area contributed by atoms with Gasteiger partial charge in [0.25, 0.3) is 0 Å². The van der Waals surface area contributed by atoms with Crippen LogP contribution in [0.4, 0.5) is 0 Å². The Bertz CT molecular complexity index is 5930. The SMILES string of the molecule is CC(O)CC(O)CC(O)CC(O)CC(O)CC(O)CC(C)O.CC(O)CC(O)CC(O)CC1CC(CC(O)CC(C)O)OC(c2ccc(CC(c3cc[n+](C)cc3)C(c3cc[n+](C)cc3)C(c3ccc(C=O)cc3)C(c3ccc(C=O)cc3)C(C)c3cc[n+](C)cc3)cc2)O1.CC(c1cc[n+](C)cc1)C(c1ccc(C=O)cc1)C(c1ccc(C=O)cc1)C(c1cc[n+](C)cc1)C(Cc1ccc(C=O)cc1)c1cc[n+](C)cc1.[H+]. The predicted octanol–water partition coefficient (Wildman–Crippen LogP) is 13.3. The van der Waals surface area contributed by atoms with E-state index in [0.717, 1.165) is 87.9 Å². The smallest absolute Gasteiger partial charge is 0.393 e. The van der Waals surface area contributed by atoms with Gasteiger partial charge in [-0.3, -0.25) is 24.0 Å². The molecule has 0 spiro atoms. The zero-order chi connectivity index (χ0) is 106. The van der Waals surface area contributed by atoms with Gasteiger partial charge in [0.05, 0.1) is 85.5 Å². The Kier molecular flexibility index (Phi) is 44.7. The number of aromatic nitrogens is 6. The quantitative estimate of drug-likeness (QED) is 0.0124. The van der Waals surface area contributed by atoms with Crippen LogP contribution in [0.5, 0.6) is 0 Å². The fraction of sp³-hybridized carbons (Fsp3) is 0.418. The predicted molar refractivity (Wildman–Crippen MR) is 561 cm³/mol. The summed E-state index contributed by atoms with van der Waals surface area (Å²) in [6, 6.07) is 75.0. The van der Waals surface area contributed by atoms with Crippen LogP contribution in [-0.2, 0) is 64.6 Å². The van der Waals surface area contributed by atoms with Crippen LogP contribution in [0.2, 0.25) is 0 Å². The minimum atomic E-state index is -0.956. The van der Waals surface area contributed by atoms with Crippen molar-refractivity contribution in [2.45, 2.75) is 282 Å². The molecular formula is C122H155N6O19+7. The Morgan fingerprint density at radius 1 is 0.252 bits per heavy atom. The largest absolute Gasteiger partial charge is 1.00 e. The number of carbonyl (C=O) groups is 5. The van der Waals surface area contributed by atoms with Crippen molar-refractivity contribution in [3.05, 3.63) is 393 Å². The Labute approximate surface area is 867 Å². The number of hydrogen-bond acceptors (Lipinski definition) is 19. The molecule has 12 aromatic rings. The lowest BCUT2D eigenvalue weighted by Gasteiger charge is -2.42. The van der Waals surface area contributed by atoms with Gasteiger partial charge in [-0.25, -0.2) is 27.4 Å². The van der Waals surface area contributed by atoms with Crippen LogP contribution >= 0.6 is 0 Å². The molecule has 25 nitrogen and oxygen atoms in total. The van der Waals surface area contributed by atoms with Crippen molar-refractivity contribution in [1.82, 2.24) is 0 Å². The summed E-state index contributed by atoms with van der Waals surface area (Å²) in [4.78, 5) is 59.6. The number of benzene rings is 6. The van der Waals surface area contributed by atoms with Crippen LogP contribution in [0.3, 0.4) is 0 Å². The number of pyridine rings is 6. The van der Waals surface area contributed by atoms with Crippen LogP contribution in [-0.4, -0.2) is 178 Å². The maximum atomic E-state index is 12.2. The second-order valence-corrected chi connectivity index (χ2v) is 41.2. The molecule has 1 fully saturated rings. The average molecular weight is 2010 g/mol. The van der Waals surface area contributed by atoms with E-state index < -0.39 is 91.7 Å². The molecular weight excluding hydrogens is 1850 g/mol. The fourth-order valence-corrected chi connectivity index (χ4v) is 21.2. The molecule has 1 aliphatic rings. The molecule has 1 aliphatic heterocycles. The fourth-order valence-electron chi connectivity index (χ4n) is 21.2. The van der Waals surface area contributed by atoms with E-state index in [-0.39, 0.29) is 131 Å². The maximum Gasteiger partial charge on any atom is 1.00 e. The van der Waals surface area contributed by atoms with E-state index in [2.05, 4.69) is 243 Å². The Morgan fingerprint density at radius 3 is 0.714 bits per heavy atom. The van der Waals surface area contributed by atoms with Gasteiger partial charge in [-0.1, -0.05) is 159 Å². The molecule has 12 N–H and O–H groups in total. The molecule has 780 valence electrons. The van der Waals surface area contributed by atoms with Crippen LogP contribution < -0.4 is 27.4 Å². The molecule has 0 bridgehead atoms. The van der Waals surface area contributed by atoms with Gasteiger partial charge in [0, 0.05) is 113 Å². The lowest BCUT2D eigenvalue weighted by atomic mass is 9.61. The molecule has 6 aromatic carbocycles. The Morgan fingerprint density at radius 2 is 0.456 bits per heavy atom. The molecule has 0 saturated carbocycles. The van der Waals surface area contributed by atoms with Crippen molar-refractivity contribution in [2.75, 3.05) is 0 Å². The zero-order valence-electron chi connectivity index (χ0n) is 87.8. The van der Waals surface area contributed by atoms with Crippen molar-refractivity contribution < 1.29 is 124 Å². The summed E-state index contributed by atoms with van der Waals surface area (Å²) in [5, 5.41) is 119. The molecule has 7 heterocycles. The molecule has 0 radical (unpaired) electrons. The van der Waals surface area contributed by atoms with E-state index in [1.165, 1.54) is 22.3 Å². The van der Waals surface area contributed by atoms with Crippen LogP contribution in [0.1, 0.15) is 310 Å². The number of nitrogens with zero attached hydrogens (tertiary/aromatic N) is 6. The van der Waals surface area contributed by atoms with Crippen LogP contribution in [0.25, 0.3) is 0 Å². The zero-order valence-corrected chi connectivity index (χ0v) is 86.8. The third kappa shape index (κ3) is 35.1. The highest BCUT2D eigenvalue weighted by Gasteiger charge is 2.45. The summed E-state index contributed by atoms with van der Waals surface area (Å²) in [5.74, 6) is -0.707. The minimum Gasteiger partial charge on any atom is -0.393 e. The number of hydrogen-bond donors (Lipinski definition) is 12. The van der Waals surface area contributed by atoms with E-state index in [1.54, 1.807) is 27.7 Å². The number of aryl methyl sites for hydroxylation is 6. The first-order chi connectivity index (χ1) is 70.4. The first kappa shape index (κ1) is 115. The van der Waals surface area contributed by atoms with Crippen molar-refractivity contribution in [2.24, 2.45) is 42.3 Å². The van der Waals surface area contributed by atoms with Gasteiger partial charge in [-0.15, -0.1) is 0 Å². The van der Waals surface area contributed by atoms with Gasteiger partial charge in [0.15, 0.2) is 80.7 Å². The van der Waals surface area contributed by atoms with Gasteiger partial charge in [-0.2, -0.15) is 0 Å². The highest BCUT2D eigenvalue weighted by atomic mass is 16.7. The lowest BCUT2D eigenvalue weighted by Crippen LogP contribution is -2.38. The molecule has 24 unspecified atom stereocenters. The van der Waals surface area contributed by atoms with Gasteiger partial charge in [0.2, 0.25) is 0 Å². The number of aldehydes is 5. The molecule has 25 heteroatoms. The van der Waals surface area contributed by atoms with E-state index in [4.69, 9.17) is 19.7 Å². The number of aliphatic hydroxyl groups is 12. The second-order valence-electron chi connectivity index (χ2n) is 41.2. The van der Waals surface area contributed by atoms with E-state index >= 15 is 0 Å². The van der Waals surface area contributed by atoms with Crippen molar-refractivity contribution in [1.29, 1.82) is 0 Å². The second kappa shape index (κ2) is 57.0. The minimum absolute atomic E-state index is 0. The van der Waals surface area contributed by atoms with Gasteiger partial charge >= 0.3 is 1.43 Å². The number of ether oxygens (including phenoxy) is 2. The third-order valence-electron chi connectivity index (χ3n) is 28.7. The Balaban J connectivity index is 0.000000259. The molecule has 0 amide bonds. The third-order valence-corrected chi connectivity index (χ3v) is 28.7. The summed E-state index contributed by atoms with van der Waals surface area (Å²) in [6.07, 6.45) is 21.3. The normalized spacial score (nSPS) is 18.2. The average Bonchev–Trinajstić information content (AvgIpc) is 0.758. The molecule has 24 atom stereocenters.